The van der Waals surface area contributed by atoms with E-state index in [0.29, 0.717) is 6.29 Å². The van der Waals surface area contributed by atoms with Gasteiger partial charge in [0.25, 0.3) is 0 Å². The van der Waals surface area contributed by atoms with Crippen molar-refractivity contribution < 1.29 is 14.3 Å². The fraction of sp³-hybridized carbons (Fsp3) is 0.273. The van der Waals surface area contributed by atoms with Crippen LogP contribution in [-0.2, 0) is 20.9 Å². The van der Waals surface area contributed by atoms with Gasteiger partial charge in [-0.1, -0.05) is 30.3 Å². The highest BCUT2D eigenvalue weighted by Gasteiger charge is 2.29. The lowest BCUT2D eigenvalue weighted by molar-refractivity contribution is -0.152. The van der Waals surface area contributed by atoms with Crippen molar-refractivity contribution in [2.75, 3.05) is 0 Å². The maximum atomic E-state index is 11.3. The number of aldehydes is 1. The predicted molar refractivity (Wildman–Crippen MR) is 54.9 cm³/mol. The summed E-state index contributed by atoms with van der Waals surface area (Å²) in [5.74, 6) is -0.721. The van der Waals surface area contributed by atoms with Gasteiger partial charge in [0.05, 0.1) is 0 Å². The molecule has 0 aliphatic carbocycles. The number of hydrogen-bond acceptors (Lipinski definition) is 4. The van der Waals surface area contributed by atoms with Crippen molar-refractivity contribution in [3.63, 3.8) is 0 Å². The Kier molecular flexibility index (Phi) is 3.57. The molecule has 0 saturated carbocycles. The Morgan fingerprint density at radius 3 is 2.60 bits per heavy atom. The van der Waals surface area contributed by atoms with Gasteiger partial charge in [0.1, 0.15) is 6.61 Å². The summed E-state index contributed by atoms with van der Waals surface area (Å²) in [5.41, 5.74) is 4.67. The summed E-state index contributed by atoms with van der Waals surface area (Å²) in [4.78, 5) is 21.7. The highest BCUT2D eigenvalue weighted by molar-refractivity contribution is 5.97. The third-order valence-corrected chi connectivity index (χ3v) is 1.90. The van der Waals surface area contributed by atoms with Gasteiger partial charge in [0.15, 0.2) is 11.8 Å². The summed E-state index contributed by atoms with van der Waals surface area (Å²) in [6.45, 7) is 1.44. The standard InChI is InChI=1S/C11H13NO3/c1-11(12,8-13)10(14)15-7-9-5-3-2-4-6-9/h2-6,8H,7,12H2,1H3. The molecule has 0 fully saturated rings. The fourth-order valence-electron chi connectivity index (χ4n) is 0.927. The van der Waals surface area contributed by atoms with E-state index in [0.717, 1.165) is 5.56 Å². The molecule has 0 spiro atoms. The first kappa shape index (κ1) is 11.4. The maximum Gasteiger partial charge on any atom is 0.333 e. The van der Waals surface area contributed by atoms with E-state index in [-0.39, 0.29) is 6.61 Å². The van der Waals surface area contributed by atoms with Crippen LogP contribution < -0.4 is 5.73 Å². The van der Waals surface area contributed by atoms with Crippen molar-refractivity contribution in [2.24, 2.45) is 5.73 Å². The maximum absolute atomic E-state index is 11.3. The number of carbonyl (C=O) groups excluding carboxylic acids is 2. The summed E-state index contributed by atoms with van der Waals surface area (Å²) < 4.78 is 4.89. The molecule has 0 radical (unpaired) electrons. The smallest absolute Gasteiger partial charge is 0.333 e. The Morgan fingerprint density at radius 2 is 2.07 bits per heavy atom. The van der Waals surface area contributed by atoms with E-state index in [2.05, 4.69) is 0 Å². The molecular weight excluding hydrogens is 194 g/mol. The van der Waals surface area contributed by atoms with Gasteiger partial charge in [0, 0.05) is 0 Å². The molecule has 2 N–H and O–H groups in total. The van der Waals surface area contributed by atoms with Crippen molar-refractivity contribution in [3.8, 4) is 0 Å². The zero-order valence-electron chi connectivity index (χ0n) is 8.47. The van der Waals surface area contributed by atoms with Crippen molar-refractivity contribution in [1.82, 2.24) is 0 Å². The van der Waals surface area contributed by atoms with Crippen LogP contribution in [0.25, 0.3) is 0 Å². The Bertz CT molecular complexity index is 346. The molecule has 0 aliphatic heterocycles. The molecule has 4 heteroatoms. The Balaban J connectivity index is 2.52. The highest BCUT2D eigenvalue weighted by atomic mass is 16.5. The van der Waals surface area contributed by atoms with Crippen molar-refractivity contribution in [3.05, 3.63) is 35.9 Å². The molecule has 4 nitrogen and oxygen atoms in total. The molecule has 0 bridgehead atoms. The number of ether oxygens (including phenoxy) is 1. The third-order valence-electron chi connectivity index (χ3n) is 1.90. The Labute approximate surface area is 88.0 Å². The SMILES string of the molecule is CC(N)(C=O)C(=O)OCc1ccccc1. The normalized spacial score (nSPS) is 14.0. The predicted octanol–water partition coefficient (Wildman–Crippen LogP) is 0.646. The molecule has 0 amide bonds. The molecule has 1 unspecified atom stereocenters. The van der Waals surface area contributed by atoms with Crippen molar-refractivity contribution >= 4 is 12.3 Å². The lowest BCUT2D eigenvalue weighted by Gasteiger charge is -2.15. The second-order valence-electron chi connectivity index (χ2n) is 3.46. The van der Waals surface area contributed by atoms with Crippen molar-refractivity contribution in [2.45, 2.75) is 19.1 Å². The quantitative estimate of drug-likeness (QED) is 0.447. The molecule has 0 aliphatic rings. The molecule has 0 saturated heterocycles. The van der Waals surface area contributed by atoms with Crippen LogP contribution in [0.4, 0.5) is 0 Å². The fourth-order valence-corrected chi connectivity index (χ4v) is 0.927. The monoisotopic (exact) mass is 207 g/mol. The lowest BCUT2D eigenvalue weighted by Crippen LogP contribution is -2.47. The average molecular weight is 207 g/mol. The third kappa shape index (κ3) is 3.18. The largest absolute Gasteiger partial charge is 0.459 e. The van der Waals surface area contributed by atoms with Crippen LogP contribution in [0.3, 0.4) is 0 Å². The van der Waals surface area contributed by atoms with Crippen LogP contribution in [0, 0.1) is 0 Å². The van der Waals surface area contributed by atoms with E-state index in [1.54, 1.807) is 0 Å². The molecule has 1 atom stereocenters. The summed E-state index contributed by atoms with van der Waals surface area (Å²) in [6, 6.07) is 9.18. The molecule has 1 aromatic carbocycles. The van der Waals surface area contributed by atoms with E-state index in [1.165, 1.54) is 6.92 Å². The zero-order valence-corrected chi connectivity index (χ0v) is 8.47. The average Bonchev–Trinajstić information content (AvgIpc) is 2.27. The first-order valence-electron chi connectivity index (χ1n) is 4.52. The minimum Gasteiger partial charge on any atom is -0.459 e. The number of nitrogens with two attached hydrogens (primary N) is 1. The van der Waals surface area contributed by atoms with E-state index in [9.17, 15) is 9.59 Å². The number of esters is 1. The van der Waals surface area contributed by atoms with Gasteiger partial charge < -0.3 is 15.3 Å². The first-order valence-corrected chi connectivity index (χ1v) is 4.52. The number of hydrogen-bond donors (Lipinski definition) is 1. The summed E-state index contributed by atoms with van der Waals surface area (Å²) >= 11 is 0. The van der Waals surface area contributed by atoms with Gasteiger partial charge in [-0.2, -0.15) is 0 Å². The summed E-state index contributed by atoms with van der Waals surface area (Å²) in [5, 5.41) is 0. The van der Waals surface area contributed by atoms with E-state index in [1.807, 2.05) is 30.3 Å². The van der Waals surface area contributed by atoms with Crippen LogP contribution in [0.15, 0.2) is 30.3 Å². The topological polar surface area (TPSA) is 69.4 Å². The van der Waals surface area contributed by atoms with E-state index in [4.69, 9.17) is 10.5 Å². The van der Waals surface area contributed by atoms with E-state index < -0.39 is 11.5 Å². The molecule has 15 heavy (non-hydrogen) atoms. The van der Waals surface area contributed by atoms with Gasteiger partial charge in [-0.05, 0) is 12.5 Å². The van der Waals surface area contributed by atoms with Gasteiger partial charge >= 0.3 is 5.97 Å². The van der Waals surface area contributed by atoms with Crippen molar-refractivity contribution in [1.29, 1.82) is 0 Å². The summed E-state index contributed by atoms with van der Waals surface area (Å²) in [7, 11) is 0. The molecule has 0 aromatic heterocycles. The molecular formula is C11H13NO3. The summed E-state index contributed by atoms with van der Waals surface area (Å²) in [6.07, 6.45) is 0.375. The van der Waals surface area contributed by atoms with Gasteiger partial charge in [-0.25, -0.2) is 4.79 Å². The van der Waals surface area contributed by atoms with Crippen LogP contribution in [0.2, 0.25) is 0 Å². The zero-order chi connectivity index (χ0) is 11.3. The Morgan fingerprint density at radius 1 is 1.47 bits per heavy atom. The van der Waals surface area contributed by atoms with Crippen LogP contribution in [0.5, 0.6) is 0 Å². The van der Waals surface area contributed by atoms with Crippen LogP contribution >= 0.6 is 0 Å². The molecule has 1 rings (SSSR count). The van der Waals surface area contributed by atoms with Crippen LogP contribution in [-0.4, -0.2) is 17.8 Å². The number of rotatable bonds is 4. The molecule has 0 heterocycles. The van der Waals surface area contributed by atoms with Crippen LogP contribution in [0.1, 0.15) is 12.5 Å². The number of carbonyl (C=O) groups is 2. The minimum absolute atomic E-state index is 0.125. The number of benzene rings is 1. The van der Waals surface area contributed by atoms with Gasteiger partial charge in [-0.3, -0.25) is 0 Å². The highest BCUT2D eigenvalue weighted by Crippen LogP contribution is 2.04. The molecule has 1 aromatic rings. The minimum atomic E-state index is -1.56. The molecule has 80 valence electrons. The second-order valence-corrected chi connectivity index (χ2v) is 3.46. The second kappa shape index (κ2) is 4.70. The van der Waals surface area contributed by atoms with Gasteiger partial charge in [0.2, 0.25) is 0 Å². The van der Waals surface area contributed by atoms with Gasteiger partial charge in [-0.15, -0.1) is 0 Å². The Hall–Kier alpha value is -1.68. The first-order chi connectivity index (χ1) is 7.06. The lowest BCUT2D eigenvalue weighted by atomic mass is 10.1. The van der Waals surface area contributed by atoms with E-state index >= 15 is 0 Å².